The van der Waals surface area contributed by atoms with E-state index in [1.54, 1.807) is 55.8 Å². The van der Waals surface area contributed by atoms with E-state index in [2.05, 4.69) is 15.8 Å². The standard InChI is InChI=1S/C42H49N3O11/c1-47-27-13-15-30-29(23-27)42(46)44-41(43-30)25-12-16-32(35(20-25)49-3)54-18-10-8-9-11-19-55-40-33(48-2)17-14-28(38(40)52-6)31-24-34(56-45-31)26-21-36(50-4)39(53-7)37(22-26)51-5/h12-17,20-23,34,41,43H,8-11,18-19,24H2,1-7H3,(H,44,46). The largest absolute Gasteiger partial charge is 0.497 e. The summed E-state index contributed by atoms with van der Waals surface area (Å²) in [6.07, 6.45) is 3.23. The molecule has 0 saturated heterocycles. The van der Waals surface area contributed by atoms with E-state index in [-0.39, 0.29) is 12.0 Å². The molecule has 0 radical (unpaired) electrons. The minimum Gasteiger partial charge on any atom is -0.497 e. The minimum absolute atomic E-state index is 0.184. The van der Waals surface area contributed by atoms with Crippen LogP contribution < -0.4 is 53.3 Å². The van der Waals surface area contributed by atoms with Gasteiger partial charge in [-0.2, -0.15) is 0 Å². The number of hydrogen-bond acceptors (Lipinski definition) is 13. The summed E-state index contributed by atoms with van der Waals surface area (Å²) in [6, 6.07) is 18.5. The van der Waals surface area contributed by atoms with E-state index in [4.69, 9.17) is 47.5 Å². The van der Waals surface area contributed by atoms with Crippen molar-refractivity contribution < 1.29 is 52.3 Å². The second-order valence-electron chi connectivity index (χ2n) is 13.0. The van der Waals surface area contributed by atoms with Gasteiger partial charge in [0.05, 0.1) is 74.3 Å². The Morgan fingerprint density at radius 3 is 1.91 bits per heavy atom. The number of hydrogen-bond donors (Lipinski definition) is 2. The Bertz CT molecular complexity index is 2010. The van der Waals surface area contributed by atoms with Crippen molar-refractivity contribution in [1.29, 1.82) is 0 Å². The topological polar surface area (TPSA) is 146 Å². The highest BCUT2D eigenvalue weighted by atomic mass is 16.6. The first kappa shape index (κ1) is 39.5. The molecule has 4 aromatic rings. The SMILES string of the molecule is COc1ccc2c(c1)C(=O)NC(c1ccc(OCCCCCCOc3c(OC)ccc(C4=NOC(c5cc(OC)c(OC)c(OC)c5)C4)c3OC)c(OC)c1)N2. The van der Waals surface area contributed by atoms with Gasteiger partial charge < -0.3 is 58.1 Å². The van der Waals surface area contributed by atoms with Crippen molar-refractivity contribution >= 4 is 17.3 Å². The first-order chi connectivity index (χ1) is 27.3. The third-order valence-corrected chi connectivity index (χ3v) is 9.65. The fourth-order valence-electron chi connectivity index (χ4n) is 6.70. The van der Waals surface area contributed by atoms with Crippen molar-refractivity contribution in [3.8, 4) is 51.7 Å². The minimum atomic E-state index is -0.422. The predicted molar refractivity (Wildman–Crippen MR) is 210 cm³/mol. The Morgan fingerprint density at radius 1 is 0.589 bits per heavy atom. The third kappa shape index (κ3) is 8.54. The molecule has 2 aliphatic heterocycles. The predicted octanol–water partition coefficient (Wildman–Crippen LogP) is 7.48. The van der Waals surface area contributed by atoms with Crippen molar-refractivity contribution in [3.63, 3.8) is 0 Å². The molecule has 2 unspecified atom stereocenters. The van der Waals surface area contributed by atoms with Crippen LogP contribution in [0.15, 0.2) is 65.8 Å². The molecule has 298 valence electrons. The summed E-state index contributed by atoms with van der Waals surface area (Å²) in [5, 5.41) is 10.8. The highest BCUT2D eigenvalue weighted by molar-refractivity contribution is 6.04. The zero-order valence-corrected chi connectivity index (χ0v) is 32.8. The van der Waals surface area contributed by atoms with Gasteiger partial charge in [-0.15, -0.1) is 0 Å². The van der Waals surface area contributed by atoms with Crippen LogP contribution in [-0.4, -0.2) is 74.6 Å². The van der Waals surface area contributed by atoms with Crippen molar-refractivity contribution in [2.75, 3.05) is 68.3 Å². The number of carbonyl (C=O) groups is 1. The molecule has 0 aromatic heterocycles. The van der Waals surface area contributed by atoms with Crippen LogP contribution in [0.3, 0.4) is 0 Å². The molecule has 14 nitrogen and oxygen atoms in total. The van der Waals surface area contributed by atoms with E-state index in [1.807, 2.05) is 54.6 Å². The first-order valence-corrected chi connectivity index (χ1v) is 18.3. The number of nitrogens with zero attached hydrogens (tertiary/aromatic N) is 1. The van der Waals surface area contributed by atoms with Crippen LogP contribution in [0, 0.1) is 0 Å². The van der Waals surface area contributed by atoms with Crippen LogP contribution >= 0.6 is 0 Å². The highest BCUT2D eigenvalue weighted by Gasteiger charge is 2.30. The quantitative estimate of drug-likeness (QED) is 0.0912. The number of oxime groups is 1. The van der Waals surface area contributed by atoms with E-state index in [0.29, 0.717) is 82.7 Å². The molecule has 0 fully saturated rings. The van der Waals surface area contributed by atoms with E-state index >= 15 is 0 Å². The van der Waals surface area contributed by atoms with Gasteiger partial charge in [-0.05, 0) is 85.8 Å². The summed E-state index contributed by atoms with van der Waals surface area (Å²) in [5.41, 5.74) is 4.40. The number of ether oxygens (including phenoxy) is 9. The molecule has 4 aromatic carbocycles. The van der Waals surface area contributed by atoms with E-state index < -0.39 is 6.17 Å². The normalized spacial score (nSPS) is 15.6. The fraction of sp³-hybridized carbons (Fsp3) is 0.381. The first-order valence-electron chi connectivity index (χ1n) is 18.3. The van der Waals surface area contributed by atoms with Gasteiger partial charge in [-0.25, -0.2) is 0 Å². The Hall–Kier alpha value is -6.18. The highest BCUT2D eigenvalue weighted by Crippen LogP contribution is 2.45. The lowest BCUT2D eigenvalue weighted by Gasteiger charge is -2.28. The summed E-state index contributed by atoms with van der Waals surface area (Å²) in [6.45, 7) is 0.988. The molecular formula is C42H49N3O11. The number of rotatable bonds is 19. The molecule has 2 atom stereocenters. The molecule has 2 aliphatic rings. The Morgan fingerprint density at radius 2 is 1.25 bits per heavy atom. The van der Waals surface area contributed by atoms with Gasteiger partial charge in [0.25, 0.3) is 5.91 Å². The molecule has 6 rings (SSSR count). The van der Waals surface area contributed by atoms with Crippen molar-refractivity contribution in [1.82, 2.24) is 5.32 Å². The summed E-state index contributed by atoms with van der Waals surface area (Å²) in [4.78, 5) is 18.7. The monoisotopic (exact) mass is 771 g/mol. The number of unbranched alkanes of at least 4 members (excludes halogenated alkanes) is 3. The second kappa shape index (κ2) is 18.4. The van der Waals surface area contributed by atoms with Crippen LogP contribution in [0.4, 0.5) is 5.69 Å². The van der Waals surface area contributed by atoms with Gasteiger partial charge in [0.1, 0.15) is 11.9 Å². The smallest absolute Gasteiger partial charge is 0.255 e. The number of amides is 1. The molecule has 2 heterocycles. The zero-order valence-electron chi connectivity index (χ0n) is 32.8. The maximum Gasteiger partial charge on any atom is 0.255 e. The van der Waals surface area contributed by atoms with Crippen LogP contribution in [-0.2, 0) is 4.84 Å². The maximum absolute atomic E-state index is 12.8. The maximum atomic E-state index is 12.8. The van der Waals surface area contributed by atoms with E-state index in [1.165, 1.54) is 0 Å². The molecule has 2 N–H and O–H groups in total. The number of anilines is 1. The summed E-state index contributed by atoms with van der Waals surface area (Å²) >= 11 is 0. The third-order valence-electron chi connectivity index (χ3n) is 9.65. The van der Waals surface area contributed by atoms with Gasteiger partial charge in [0.2, 0.25) is 11.5 Å². The van der Waals surface area contributed by atoms with Gasteiger partial charge in [-0.3, -0.25) is 4.79 Å². The number of methoxy groups -OCH3 is 7. The molecule has 14 heteroatoms. The Balaban J connectivity index is 0.987. The molecule has 0 aliphatic carbocycles. The molecule has 1 amide bonds. The lowest BCUT2D eigenvalue weighted by molar-refractivity contribution is 0.0853. The fourth-order valence-corrected chi connectivity index (χ4v) is 6.70. The van der Waals surface area contributed by atoms with Crippen LogP contribution in [0.25, 0.3) is 0 Å². The number of benzene rings is 4. The van der Waals surface area contributed by atoms with Gasteiger partial charge >= 0.3 is 0 Å². The lowest BCUT2D eigenvalue weighted by Crippen LogP contribution is -2.38. The Labute approximate surface area is 326 Å². The van der Waals surface area contributed by atoms with Crippen LogP contribution in [0.2, 0.25) is 0 Å². The zero-order chi connectivity index (χ0) is 39.6. The van der Waals surface area contributed by atoms with Gasteiger partial charge in [-0.1, -0.05) is 11.2 Å². The molecule has 0 saturated carbocycles. The van der Waals surface area contributed by atoms with Gasteiger partial charge in [0.15, 0.2) is 40.6 Å². The van der Waals surface area contributed by atoms with E-state index in [0.717, 1.165) is 48.1 Å². The number of fused-ring (bicyclic) bond motifs is 1. The lowest BCUT2D eigenvalue weighted by atomic mass is 9.98. The second-order valence-corrected chi connectivity index (χ2v) is 13.0. The average molecular weight is 772 g/mol. The number of carbonyl (C=O) groups excluding carboxylic acids is 1. The van der Waals surface area contributed by atoms with Crippen LogP contribution in [0.5, 0.6) is 51.7 Å². The molecule has 0 spiro atoms. The molecular weight excluding hydrogens is 722 g/mol. The summed E-state index contributed by atoms with van der Waals surface area (Å²) in [7, 11) is 11.1. The van der Waals surface area contributed by atoms with Crippen molar-refractivity contribution in [3.05, 3.63) is 82.9 Å². The Kier molecular flexibility index (Phi) is 13.0. The number of nitrogens with one attached hydrogen (secondary N) is 2. The van der Waals surface area contributed by atoms with Crippen molar-refractivity contribution in [2.24, 2.45) is 5.16 Å². The van der Waals surface area contributed by atoms with Gasteiger partial charge in [0, 0.05) is 23.2 Å². The summed E-state index contributed by atoms with van der Waals surface area (Å²) in [5.74, 6) is 4.84. The molecule has 0 bridgehead atoms. The van der Waals surface area contributed by atoms with E-state index in [9.17, 15) is 4.79 Å². The average Bonchev–Trinajstić information content (AvgIpc) is 3.73. The van der Waals surface area contributed by atoms with Crippen molar-refractivity contribution in [2.45, 2.75) is 44.4 Å². The van der Waals surface area contributed by atoms with Crippen LogP contribution in [0.1, 0.15) is 71.4 Å². The summed E-state index contributed by atoms with van der Waals surface area (Å²) < 4.78 is 51.3. The molecule has 56 heavy (non-hydrogen) atoms.